The van der Waals surface area contributed by atoms with E-state index < -0.39 is 0 Å². The van der Waals surface area contributed by atoms with Crippen molar-refractivity contribution < 1.29 is 4.39 Å². The third kappa shape index (κ3) is 3.70. The molecule has 0 bridgehead atoms. The van der Waals surface area contributed by atoms with Crippen molar-refractivity contribution in [2.24, 2.45) is 5.73 Å². The zero-order valence-electron chi connectivity index (χ0n) is 11.0. The van der Waals surface area contributed by atoms with E-state index in [-0.39, 0.29) is 11.9 Å². The molecule has 0 aromatic heterocycles. The van der Waals surface area contributed by atoms with Gasteiger partial charge < -0.3 is 10.6 Å². The summed E-state index contributed by atoms with van der Waals surface area (Å²) in [4.78, 5) is 2.27. The second-order valence-corrected chi connectivity index (χ2v) is 4.43. The van der Waals surface area contributed by atoms with Crippen LogP contribution in [0.1, 0.15) is 45.2 Å². The summed E-state index contributed by atoms with van der Waals surface area (Å²) in [5.41, 5.74) is 7.87. The lowest BCUT2D eigenvalue weighted by atomic mass is 10.1. The maximum Gasteiger partial charge on any atom is 0.123 e. The molecule has 0 aliphatic heterocycles. The molecule has 0 heterocycles. The van der Waals surface area contributed by atoms with E-state index in [4.69, 9.17) is 5.73 Å². The fraction of sp³-hybridized carbons (Fsp3) is 0.571. The van der Waals surface area contributed by atoms with Gasteiger partial charge in [0.15, 0.2) is 0 Å². The molecule has 1 aromatic rings. The van der Waals surface area contributed by atoms with E-state index in [0.717, 1.165) is 37.2 Å². The van der Waals surface area contributed by atoms with Crippen LogP contribution in [0.4, 0.5) is 10.1 Å². The van der Waals surface area contributed by atoms with Crippen LogP contribution in [0.3, 0.4) is 0 Å². The Morgan fingerprint density at radius 1 is 1.35 bits per heavy atom. The van der Waals surface area contributed by atoms with Gasteiger partial charge >= 0.3 is 0 Å². The number of hydrogen-bond acceptors (Lipinski definition) is 2. The van der Waals surface area contributed by atoms with E-state index in [0.29, 0.717) is 0 Å². The lowest BCUT2D eigenvalue weighted by Crippen LogP contribution is -2.26. The highest BCUT2D eigenvalue weighted by Gasteiger charge is 2.13. The molecular weight excluding hydrogens is 215 g/mol. The Balaban J connectivity index is 3.00. The van der Waals surface area contributed by atoms with Crippen LogP contribution in [-0.2, 0) is 0 Å². The minimum Gasteiger partial charge on any atom is -0.372 e. The molecule has 0 saturated heterocycles. The Bertz CT molecular complexity index is 350. The number of nitrogens with zero attached hydrogens (tertiary/aromatic N) is 1. The molecule has 0 unspecified atom stereocenters. The summed E-state index contributed by atoms with van der Waals surface area (Å²) in [5, 5.41) is 0. The molecule has 1 atom stereocenters. The van der Waals surface area contributed by atoms with Crippen molar-refractivity contribution in [1.29, 1.82) is 0 Å². The molecule has 0 spiro atoms. The van der Waals surface area contributed by atoms with Crippen molar-refractivity contribution in [3.8, 4) is 0 Å². The van der Waals surface area contributed by atoms with E-state index in [1.807, 2.05) is 13.0 Å². The van der Waals surface area contributed by atoms with Gasteiger partial charge in [0, 0.05) is 24.8 Å². The topological polar surface area (TPSA) is 29.3 Å². The van der Waals surface area contributed by atoms with Crippen molar-refractivity contribution in [2.45, 2.75) is 39.7 Å². The molecular formula is C14H23FN2. The number of nitrogens with two attached hydrogens (primary N) is 1. The highest BCUT2D eigenvalue weighted by molar-refractivity contribution is 5.55. The van der Waals surface area contributed by atoms with Crippen molar-refractivity contribution in [3.63, 3.8) is 0 Å². The normalized spacial score (nSPS) is 12.5. The van der Waals surface area contributed by atoms with Crippen molar-refractivity contribution in [2.75, 3.05) is 18.0 Å². The summed E-state index contributed by atoms with van der Waals surface area (Å²) in [6.07, 6.45) is 2.30. The van der Waals surface area contributed by atoms with E-state index in [9.17, 15) is 4.39 Å². The van der Waals surface area contributed by atoms with E-state index >= 15 is 0 Å². The maximum atomic E-state index is 13.3. The molecule has 0 aliphatic rings. The molecule has 0 aliphatic carbocycles. The number of halogens is 1. The first-order chi connectivity index (χ1) is 8.10. The molecule has 1 aromatic carbocycles. The Kier molecular flexibility index (Phi) is 5.42. The Hall–Kier alpha value is -1.09. The fourth-order valence-electron chi connectivity index (χ4n) is 1.98. The summed E-state index contributed by atoms with van der Waals surface area (Å²) in [6.45, 7) is 8.10. The van der Waals surface area contributed by atoms with Crippen LogP contribution in [0.15, 0.2) is 18.2 Å². The van der Waals surface area contributed by atoms with Crippen LogP contribution in [0.5, 0.6) is 0 Å². The second kappa shape index (κ2) is 6.60. The van der Waals surface area contributed by atoms with E-state index in [1.165, 1.54) is 6.07 Å². The van der Waals surface area contributed by atoms with Gasteiger partial charge in [-0.1, -0.05) is 13.3 Å². The fourth-order valence-corrected chi connectivity index (χ4v) is 1.98. The molecule has 2 N–H and O–H groups in total. The van der Waals surface area contributed by atoms with Crippen LogP contribution in [0, 0.1) is 5.82 Å². The number of rotatable bonds is 6. The number of unbranched alkanes of at least 4 members (excludes halogenated alkanes) is 1. The summed E-state index contributed by atoms with van der Waals surface area (Å²) < 4.78 is 13.3. The van der Waals surface area contributed by atoms with Gasteiger partial charge in [-0.05, 0) is 44.0 Å². The smallest absolute Gasteiger partial charge is 0.123 e. The van der Waals surface area contributed by atoms with Gasteiger partial charge in [-0.2, -0.15) is 0 Å². The van der Waals surface area contributed by atoms with Crippen LogP contribution in [0.2, 0.25) is 0 Å². The predicted molar refractivity (Wildman–Crippen MR) is 71.8 cm³/mol. The minimum absolute atomic E-state index is 0.142. The monoisotopic (exact) mass is 238 g/mol. The maximum absolute atomic E-state index is 13.3. The third-order valence-electron chi connectivity index (χ3n) is 2.98. The molecule has 0 radical (unpaired) electrons. The molecule has 17 heavy (non-hydrogen) atoms. The predicted octanol–water partition coefficient (Wildman–Crippen LogP) is 3.47. The van der Waals surface area contributed by atoms with Crippen molar-refractivity contribution >= 4 is 5.69 Å². The third-order valence-corrected chi connectivity index (χ3v) is 2.98. The Morgan fingerprint density at radius 2 is 2.06 bits per heavy atom. The van der Waals surface area contributed by atoms with Gasteiger partial charge in [-0.3, -0.25) is 0 Å². The molecule has 0 fully saturated rings. The standard InChI is InChI=1S/C14H23FN2/c1-4-6-9-17(5-2)14-8-7-12(15)10-13(14)11(3)16/h7-8,10-11H,4-6,9,16H2,1-3H3/t11-/m0/s1. The zero-order chi connectivity index (χ0) is 12.8. The average molecular weight is 238 g/mol. The highest BCUT2D eigenvalue weighted by Crippen LogP contribution is 2.26. The zero-order valence-corrected chi connectivity index (χ0v) is 11.0. The van der Waals surface area contributed by atoms with Gasteiger partial charge in [-0.25, -0.2) is 4.39 Å². The van der Waals surface area contributed by atoms with Crippen LogP contribution < -0.4 is 10.6 Å². The Morgan fingerprint density at radius 3 is 2.59 bits per heavy atom. The minimum atomic E-state index is -0.215. The summed E-state index contributed by atoms with van der Waals surface area (Å²) in [5.74, 6) is -0.215. The summed E-state index contributed by atoms with van der Waals surface area (Å²) >= 11 is 0. The quantitative estimate of drug-likeness (QED) is 0.822. The molecule has 2 nitrogen and oxygen atoms in total. The second-order valence-electron chi connectivity index (χ2n) is 4.43. The number of anilines is 1. The van der Waals surface area contributed by atoms with Gasteiger partial charge in [0.2, 0.25) is 0 Å². The van der Waals surface area contributed by atoms with Crippen LogP contribution >= 0.6 is 0 Å². The average Bonchev–Trinajstić information content (AvgIpc) is 2.31. The van der Waals surface area contributed by atoms with Crippen molar-refractivity contribution in [1.82, 2.24) is 0 Å². The van der Waals surface area contributed by atoms with Crippen LogP contribution in [-0.4, -0.2) is 13.1 Å². The molecule has 0 saturated carbocycles. The SMILES string of the molecule is CCCCN(CC)c1ccc(F)cc1[C@H](C)N. The Labute approximate surface area is 104 Å². The first-order valence-corrected chi connectivity index (χ1v) is 6.40. The first kappa shape index (κ1) is 14.0. The summed E-state index contributed by atoms with van der Waals surface area (Å²) in [7, 11) is 0. The van der Waals surface area contributed by atoms with Gasteiger partial charge in [0.05, 0.1) is 0 Å². The lowest BCUT2D eigenvalue weighted by Gasteiger charge is -2.27. The molecule has 96 valence electrons. The number of hydrogen-bond donors (Lipinski definition) is 1. The summed E-state index contributed by atoms with van der Waals surface area (Å²) in [6, 6.07) is 4.76. The van der Waals surface area contributed by atoms with Gasteiger partial charge in [0.25, 0.3) is 0 Å². The largest absolute Gasteiger partial charge is 0.372 e. The van der Waals surface area contributed by atoms with Gasteiger partial charge in [0.1, 0.15) is 5.82 Å². The first-order valence-electron chi connectivity index (χ1n) is 6.40. The van der Waals surface area contributed by atoms with Gasteiger partial charge in [-0.15, -0.1) is 0 Å². The van der Waals surface area contributed by atoms with E-state index in [1.54, 1.807) is 6.07 Å². The van der Waals surface area contributed by atoms with Crippen LogP contribution in [0.25, 0.3) is 0 Å². The lowest BCUT2D eigenvalue weighted by molar-refractivity contribution is 0.620. The van der Waals surface area contributed by atoms with Crippen molar-refractivity contribution in [3.05, 3.63) is 29.6 Å². The van der Waals surface area contributed by atoms with E-state index in [2.05, 4.69) is 18.7 Å². The highest BCUT2D eigenvalue weighted by atomic mass is 19.1. The molecule has 1 rings (SSSR count). The molecule has 0 amide bonds. The number of benzene rings is 1. The molecule has 3 heteroatoms.